The second kappa shape index (κ2) is 7.12. The standard InChI is InChI=1S/C20H21N5O2S/c26-10-8-25-18(22-16-5-2-1-4-15(16)19(25)27)17-6-3-7-23(17)12-14-13-24-9-11-28-20(24)21-14/h1-2,4-5,9,11,13,17,26H,3,6-8,10,12H2. The van der Waals surface area contributed by atoms with Crippen molar-refractivity contribution in [1.82, 2.24) is 23.8 Å². The van der Waals surface area contributed by atoms with E-state index < -0.39 is 0 Å². The van der Waals surface area contributed by atoms with Crippen LogP contribution >= 0.6 is 11.3 Å². The molecular formula is C20H21N5O2S. The number of hydrogen-bond acceptors (Lipinski definition) is 6. The molecule has 8 heteroatoms. The third-order valence-corrected chi connectivity index (χ3v) is 6.16. The molecule has 7 nitrogen and oxygen atoms in total. The van der Waals surface area contributed by atoms with Crippen LogP contribution in [-0.4, -0.2) is 42.1 Å². The number of para-hydroxylation sites is 1. The largest absolute Gasteiger partial charge is 0.395 e. The molecule has 144 valence electrons. The van der Waals surface area contributed by atoms with Crippen LogP contribution in [0, 0.1) is 0 Å². The van der Waals surface area contributed by atoms with Gasteiger partial charge in [-0.1, -0.05) is 12.1 Å². The summed E-state index contributed by atoms with van der Waals surface area (Å²) in [6.07, 6.45) is 6.07. The monoisotopic (exact) mass is 395 g/mol. The van der Waals surface area contributed by atoms with Crippen molar-refractivity contribution in [2.45, 2.75) is 32.0 Å². The van der Waals surface area contributed by atoms with Crippen LogP contribution in [0.15, 0.2) is 46.8 Å². The Morgan fingerprint density at radius 2 is 2.14 bits per heavy atom. The highest BCUT2D eigenvalue weighted by Crippen LogP contribution is 2.32. The topological polar surface area (TPSA) is 75.7 Å². The average Bonchev–Trinajstić information content (AvgIpc) is 3.41. The minimum absolute atomic E-state index is 0.0450. The number of fused-ring (bicyclic) bond motifs is 2. The molecule has 1 aliphatic heterocycles. The highest BCUT2D eigenvalue weighted by atomic mass is 32.1. The van der Waals surface area contributed by atoms with Crippen molar-refractivity contribution in [1.29, 1.82) is 0 Å². The summed E-state index contributed by atoms with van der Waals surface area (Å²) in [5, 5.41) is 12.1. The van der Waals surface area contributed by atoms with Crippen molar-refractivity contribution in [3.63, 3.8) is 0 Å². The molecule has 1 unspecified atom stereocenters. The molecule has 0 spiro atoms. The smallest absolute Gasteiger partial charge is 0.261 e. The molecule has 3 aromatic heterocycles. The van der Waals surface area contributed by atoms with Gasteiger partial charge in [0.05, 0.1) is 35.8 Å². The van der Waals surface area contributed by atoms with Crippen molar-refractivity contribution in [3.8, 4) is 0 Å². The van der Waals surface area contributed by atoms with Gasteiger partial charge in [0, 0.05) is 24.3 Å². The second-order valence-electron chi connectivity index (χ2n) is 7.12. The SMILES string of the molecule is O=c1c2ccccc2nc(C2CCCN2Cc2cn3ccsc3n2)n1CCO. The maximum atomic E-state index is 13.0. The van der Waals surface area contributed by atoms with Crippen LogP contribution in [-0.2, 0) is 13.1 Å². The van der Waals surface area contributed by atoms with Gasteiger partial charge < -0.3 is 5.11 Å². The Hall–Kier alpha value is -2.55. The van der Waals surface area contributed by atoms with Crippen molar-refractivity contribution >= 4 is 27.2 Å². The number of nitrogens with zero attached hydrogens (tertiary/aromatic N) is 5. The molecule has 0 aliphatic carbocycles. The molecule has 5 rings (SSSR count). The first-order chi connectivity index (χ1) is 13.7. The van der Waals surface area contributed by atoms with Crippen LogP contribution in [0.2, 0.25) is 0 Å². The number of likely N-dealkylation sites (tertiary alicyclic amines) is 1. The lowest BCUT2D eigenvalue weighted by Gasteiger charge is -2.25. The minimum atomic E-state index is -0.0863. The van der Waals surface area contributed by atoms with Gasteiger partial charge >= 0.3 is 0 Å². The van der Waals surface area contributed by atoms with E-state index in [0.717, 1.165) is 42.4 Å². The summed E-state index contributed by atoms with van der Waals surface area (Å²) < 4.78 is 3.69. The summed E-state index contributed by atoms with van der Waals surface area (Å²) in [7, 11) is 0. The summed E-state index contributed by atoms with van der Waals surface area (Å²) in [6.45, 7) is 1.84. The van der Waals surface area contributed by atoms with E-state index in [0.29, 0.717) is 10.9 Å². The summed E-state index contributed by atoms with van der Waals surface area (Å²) in [6, 6.07) is 7.47. The van der Waals surface area contributed by atoms with Crippen molar-refractivity contribution in [3.05, 3.63) is 63.9 Å². The van der Waals surface area contributed by atoms with E-state index in [9.17, 15) is 9.90 Å². The molecule has 1 aliphatic rings. The highest BCUT2D eigenvalue weighted by molar-refractivity contribution is 7.15. The lowest BCUT2D eigenvalue weighted by atomic mass is 10.1. The van der Waals surface area contributed by atoms with Crippen molar-refractivity contribution in [2.75, 3.05) is 13.2 Å². The Kier molecular flexibility index (Phi) is 4.46. The molecule has 1 fully saturated rings. The zero-order chi connectivity index (χ0) is 19.1. The van der Waals surface area contributed by atoms with E-state index in [1.54, 1.807) is 22.0 Å². The van der Waals surface area contributed by atoms with E-state index >= 15 is 0 Å². The lowest BCUT2D eigenvalue weighted by Crippen LogP contribution is -2.33. The molecule has 4 heterocycles. The molecular weight excluding hydrogens is 374 g/mol. The van der Waals surface area contributed by atoms with Gasteiger partial charge in [0.25, 0.3) is 5.56 Å². The van der Waals surface area contributed by atoms with E-state index in [-0.39, 0.29) is 24.8 Å². The molecule has 0 saturated carbocycles. The average molecular weight is 395 g/mol. The predicted octanol–water partition coefficient (Wildman–Crippen LogP) is 2.44. The second-order valence-corrected chi connectivity index (χ2v) is 7.99. The number of hydrogen-bond donors (Lipinski definition) is 1. The molecule has 1 N–H and O–H groups in total. The van der Waals surface area contributed by atoms with Crippen LogP contribution in [0.4, 0.5) is 0 Å². The number of aliphatic hydroxyl groups is 1. The van der Waals surface area contributed by atoms with Gasteiger partial charge in [-0.05, 0) is 31.5 Å². The maximum absolute atomic E-state index is 13.0. The van der Waals surface area contributed by atoms with Crippen molar-refractivity contribution in [2.24, 2.45) is 0 Å². The van der Waals surface area contributed by atoms with Gasteiger partial charge in [-0.2, -0.15) is 0 Å². The van der Waals surface area contributed by atoms with Gasteiger partial charge in [0.15, 0.2) is 4.96 Å². The number of benzene rings is 1. The van der Waals surface area contributed by atoms with E-state index in [1.807, 2.05) is 34.2 Å². The Morgan fingerprint density at radius 3 is 3.00 bits per heavy atom. The van der Waals surface area contributed by atoms with Crippen LogP contribution in [0.1, 0.15) is 30.4 Å². The third kappa shape index (κ3) is 2.94. The predicted molar refractivity (Wildman–Crippen MR) is 109 cm³/mol. The molecule has 4 aromatic rings. The summed E-state index contributed by atoms with van der Waals surface area (Å²) in [5.41, 5.74) is 1.66. The molecule has 1 aromatic carbocycles. The fraction of sp³-hybridized carbons (Fsp3) is 0.350. The van der Waals surface area contributed by atoms with E-state index in [2.05, 4.69) is 11.1 Å². The van der Waals surface area contributed by atoms with E-state index in [1.165, 1.54) is 0 Å². The summed E-state index contributed by atoms with van der Waals surface area (Å²) >= 11 is 1.62. The fourth-order valence-electron chi connectivity index (χ4n) is 4.12. The third-order valence-electron chi connectivity index (χ3n) is 5.38. The number of imidazole rings is 1. The molecule has 0 bridgehead atoms. The molecule has 1 atom stereocenters. The highest BCUT2D eigenvalue weighted by Gasteiger charge is 2.30. The maximum Gasteiger partial charge on any atom is 0.261 e. The molecule has 1 saturated heterocycles. The first-order valence-corrected chi connectivity index (χ1v) is 10.4. The minimum Gasteiger partial charge on any atom is -0.395 e. The molecule has 28 heavy (non-hydrogen) atoms. The Morgan fingerprint density at radius 1 is 1.25 bits per heavy atom. The number of aromatic nitrogens is 4. The quantitative estimate of drug-likeness (QED) is 0.562. The zero-order valence-electron chi connectivity index (χ0n) is 15.4. The van der Waals surface area contributed by atoms with Crippen LogP contribution < -0.4 is 5.56 Å². The van der Waals surface area contributed by atoms with Gasteiger partial charge in [-0.25, -0.2) is 9.97 Å². The van der Waals surface area contributed by atoms with Gasteiger partial charge in [-0.15, -0.1) is 11.3 Å². The number of aliphatic hydroxyl groups excluding tert-OH is 1. The Bertz CT molecular complexity index is 1170. The molecule has 0 radical (unpaired) electrons. The Balaban J connectivity index is 1.54. The Labute approximate surface area is 165 Å². The number of thiazole rings is 1. The van der Waals surface area contributed by atoms with Crippen LogP contribution in [0.5, 0.6) is 0 Å². The van der Waals surface area contributed by atoms with E-state index in [4.69, 9.17) is 9.97 Å². The zero-order valence-corrected chi connectivity index (χ0v) is 16.2. The number of rotatable bonds is 5. The lowest BCUT2D eigenvalue weighted by molar-refractivity contribution is 0.221. The molecule has 0 amide bonds. The van der Waals surface area contributed by atoms with Crippen LogP contribution in [0.25, 0.3) is 15.9 Å². The van der Waals surface area contributed by atoms with Crippen LogP contribution in [0.3, 0.4) is 0 Å². The first-order valence-electron chi connectivity index (χ1n) is 9.50. The van der Waals surface area contributed by atoms with Crippen molar-refractivity contribution < 1.29 is 5.11 Å². The van der Waals surface area contributed by atoms with Gasteiger partial charge in [0.2, 0.25) is 0 Å². The van der Waals surface area contributed by atoms with Gasteiger partial charge in [0.1, 0.15) is 5.82 Å². The first kappa shape index (κ1) is 17.5. The van der Waals surface area contributed by atoms with Gasteiger partial charge in [-0.3, -0.25) is 18.7 Å². The summed E-state index contributed by atoms with van der Waals surface area (Å²) in [5.74, 6) is 0.747. The normalized spacial score (nSPS) is 17.8. The summed E-state index contributed by atoms with van der Waals surface area (Å²) in [4.78, 5) is 25.9. The fourth-order valence-corrected chi connectivity index (χ4v) is 4.84.